The van der Waals surface area contributed by atoms with E-state index in [0.29, 0.717) is 28.0 Å². The molecule has 0 aliphatic carbocycles. The Hall–Kier alpha value is -1.91. The first-order valence-corrected chi connectivity index (χ1v) is 8.37. The summed E-state index contributed by atoms with van der Waals surface area (Å²) in [6.07, 6.45) is 1.83. The Morgan fingerprint density at radius 2 is 2.04 bits per heavy atom. The molecule has 3 rings (SSSR count). The summed E-state index contributed by atoms with van der Waals surface area (Å²) in [5.41, 5.74) is 1.55. The second kappa shape index (κ2) is 6.69. The van der Waals surface area contributed by atoms with E-state index in [-0.39, 0.29) is 5.78 Å². The van der Waals surface area contributed by atoms with Gasteiger partial charge < -0.3 is 9.47 Å². The van der Waals surface area contributed by atoms with Gasteiger partial charge >= 0.3 is 0 Å². The van der Waals surface area contributed by atoms with Crippen molar-refractivity contribution in [3.05, 3.63) is 57.5 Å². The van der Waals surface area contributed by atoms with Crippen LogP contribution in [0.1, 0.15) is 22.8 Å². The summed E-state index contributed by atoms with van der Waals surface area (Å²) in [7, 11) is 1.55. The number of halogens is 1. The molecule has 0 fully saturated rings. The fraction of sp³-hybridized carbons (Fsp3) is 0.167. The van der Waals surface area contributed by atoms with Crippen molar-refractivity contribution in [3.63, 3.8) is 0 Å². The summed E-state index contributed by atoms with van der Waals surface area (Å²) in [6, 6.07) is 11.2. The zero-order chi connectivity index (χ0) is 16.4. The van der Waals surface area contributed by atoms with Crippen LogP contribution in [0.5, 0.6) is 11.5 Å². The van der Waals surface area contributed by atoms with E-state index < -0.39 is 0 Å². The van der Waals surface area contributed by atoms with Crippen molar-refractivity contribution in [2.45, 2.75) is 11.8 Å². The van der Waals surface area contributed by atoms with Gasteiger partial charge in [0.15, 0.2) is 11.5 Å². The third kappa shape index (κ3) is 3.09. The summed E-state index contributed by atoms with van der Waals surface area (Å²) in [5, 5.41) is 0.457. The van der Waals surface area contributed by atoms with Crippen LogP contribution in [-0.2, 0) is 0 Å². The first kappa shape index (κ1) is 16.0. The van der Waals surface area contributed by atoms with Crippen LogP contribution in [-0.4, -0.2) is 19.5 Å². The first-order valence-electron chi connectivity index (χ1n) is 7.17. The molecule has 0 saturated heterocycles. The number of fused-ring (bicyclic) bond motifs is 1. The SMILES string of the molecule is CCOc1cc(/C=C2\Sc3ccccc3C2=O)cc(Cl)c1OC. The van der Waals surface area contributed by atoms with E-state index in [4.69, 9.17) is 21.1 Å². The standard InChI is InChI=1S/C18H15ClO3S/c1-3-22-14-9-11(8-13(19)18(14)21-2)10-16-17(20)12-6-4-5-7-15(12)23-16/h4-10H,3H2,1-2H3/b16-10-. The third-order valence-corrected chi connectivity index (χ3v) is 4.79. The lowest BCUT2D eigenvalue weighted by molar-refractivity contribution is 0.104. The minimum absolute atomic E-state index is 0.0375. The molecule has 2 aromatic carbocycles. The number of allylic oxidation sites excluding steroid dienone is 1. The van der Waals surface area contributed by atoms with Crippen molar-refractivity contribution in [2.24, 2.45) is 0 Å². The number of Topliss-reactive ketones (excluding diaryl/α,β-unsaturated/α-hetero) is 1. The van der Waals surface area contributed by atoms with Crippen LogP contribution in [0, 0.1) is 0 Å². The number of hydrogen-bond donors (Lipinski definition) is 0. The van der Waals surface area contributed by atoms with Crippen molar-refractivity contribution in [2.75, 3.05) is 13.7 Å². The zero-order valence-corrected chi connectivity index (χ0v) is 14.3. The molecule has 0 spiro atoms. The predicted octanol–water partition coefficient (Wildman–Crippen LogP) is 5.08. The van der Waals surface area contributed by atoms with Crippen molar-refractivity contribution >= 4 is 35.2 Å². The molecule has 5 heteroatoms. The Morgan fingerprint density at radius 3 is 2.74 bits per heavy atom. The lowest BCUT2D eigenvalue weighted by Crippen LogP contribution is -1.97. The van der Waals surface area contributed by atoms with Crippen LogP contribution >= 0.6 is 23.4 Å². The van der Waals surface area contributed by atoms with Crippen LogP contribution < -0.4 is 9.47 Å². The summed E-state index contributed by atoms with van der Waals surface area (Å²) >= 11 is 7.73. The van der Waals surface area contributed by atoms with Crippen LogP contribution in [0.2, 0.25) is 5.02 Å². The van der Waals surface area contributed by atoms with E-state index in [1.807, 2.05) is 43.3 Å². The van der Waals surface area contributed by atoms with Crippen LogP contribution in [0.15, 0.2) is 46.2 Å². The normalized spacial score (nSPS) is 14.9. The number of benzene rings is 2. The van der Waals surface area contributed by atoms with E-state index in [2.05, 4.69) is 0 Å². The highest BCUT2D eigenvalue weighted by Gasteiger charge is 2.25. The quantitative estimate of drug-likeness (QED) is 0.723. The topological polar surface area (TPSA) is 35.5 Å². The van der Waals surface area contributed by atoms with E-state index >= 15 is 0 Å². The molecule has 0 unspecified atom stereocenters. The molecule has 1 aliphatic rings. The summed E-state index contributed by atoms with van der Waals surface area (Å²) in [4.78, 5) is 14.1. The Bertz CT molecular complexity index is 799. The van der Waals surface area contributed by atoms with Gasteiger partial charge in [0, 0.05) is 10.5 Å². The van der Waals surface area contributed by atoms with Crippen LogP contribution in [0.3, 0.4) is 0 Å². The number of methoxy groups -OCH3 is 1. The number of ketones is 1. The number of hydrogen-bond acceptors (Lipinski definition) is 4. The zero-order valence-electron chi connectivity index (χ0n) is 12.8. The number of rotatable bonds is 4. The van der Waals surface area contributed by atoms with Crippen molar-refractivity contribution in [1.29, 1.82) is 0 Å². The van der Waals surface area contributed by atoms with Crippen molar-refractivity contribution in [1.82, 2.24) is 0 Å². The van der Waals surface area contributed by atoms with Gasteiger partial charge in [-0.05, 0) is 42.8 Å². The molecule has 2 aromatic rings. The van der Waals surface area contributed by atoms with E-state index in [0.717, 1.165) is 16.0 Å². The average Bonchev–Trinajstić information content (AvgIpc) is 2.84. The maximum absolute atomic E-state index is 12.4. The molecular weight excluding hydrogens is 332 g/mol. The van der Waals surface area contributed by atoms with E-state index in [1.54, 1.807) is 13.2 Å². The van der Waals surface area contributed by atoms with E-state index in [1.165, 1.54) is 11.8 Å². The largest absolute Gasteiger partial charge is 0.491 e. The molecule has 3 nitrogen and oxygen atoms in total. The average molecular weight is 347 g/mol. The van der Waals surface area contributed by atoms with Gasteiger partial charge in [-0.3, -0.25) is 4.79 Å². The molecule has 0 aromatic heterocycles. The number of carbonyl (C=O) groups excluding carboxylic acids is 1. The highest BCUT2D eigenvalue weighted by molar-refractivity contribution is 8.04. The predicted molar refractivity (Wildman–Crippen MR) is 93.8 cm³/mol. The highest BCUT2D eigenvalue weighted by atomic mass is 35.5. The minimum atomic E-state index is 0.0375. The smallest absolute Gasteiger partial charge is 0.200 e. The van der Waals surface area contributed by atoms with Gasteiger partial charge in [0.2, 0.25) is 5.78 Å². The molecule has 0 atom stereocenters. The second-order valence-corrected chi connectivity index (χ2v) is 6.39. The lowest BCUT2D eigenvalue weighted by atomic mass is 10.1. The van der Waals surface area contributed by atoms with Crippen LogP contribution in [0.4, 0.5) is 0 Å². The van der Waals surface area contributed by atoms with Gasteiger partial charge in [0.25, 0.3) is 0 Å². The first-order chi connectivity index (χ1) is 11.1. The molecule has 0 N–H and O–H groups in total. The molecule has 0 bridgehead atoms. The van der Waals surface area contributed by atoms with Gasteiger partial charge in [-0.15, -0.1) is 0 Å². The molecule has 0 amide bonds. The summed E-state index contributed by atoms with van der Waals surface area (Å²) in [5.74, 6) is 1.11. The maximum Gasteiger partial charge on any atom is 0.200 e. The van der Waals surface area contributed by atoms with Gasteiger partial charge in [0.05, 0.1) is 23.6 Å². The third-order valence-electron chi connectivity index (χ3n) is 3.41. The van der Waals surface area contributed by atoms with E-state index in [9.17, 15) is 4.79 Å². The lowest BCUT2D eigenvalue weighted by Gasteiger charge is -2.12. The number of ether oxygens (including phenoxy) is 2. The molecule has 118 valence electrons. The fourth-order valence-electron chi connectivity index (χ4n) is 2.42. The molecule has 0 radical (unpaired) electrons. The van der Waals surface area contributed by atoms with Crippen LogP contribution in [0.25, 0.3) is 6.08 Å². The summed E-state index contributed by atoms with van der Waals surface area (Å²) < 4.78 is 10.8. The highest BCUT2D eigenvalue weighted by Crippen LogP contribution is 2.42. The minimum Gasteiger partial charge on any atom is -0.491 e. The maximum atomic E-state index is 12.4. The number of thioether (sulfide) groups is 1. The number of carbonyl (C=O) groups is 1. The van der Waals surface area contributed by atoms with Crippen molar-refractivity contribution < 1.29 is 14.3 Å². The van der Waals surface area contributed by atoms with Gasteiger partial charge in [-0.2, -0.15) is 0 Å². The molecule has 1 heterocycles. The van der Waals surface area contributed by atoms with Gasteiger partial charge in [-0.25, -0.2) is 0 Å². The molecule has 23 heavy (non-hydrogen) atoms. The molecule has 1 aliphatic heterocycles. The monoisotopic (exact) mass is 346 g/mol. The summed E-state index contributed by atoms with van der Waals surface area (Å²) in [6.45, 7) is 2.40. The van der Waals surface area contributed by atoms with Crippen molar-refractivity contribution in [3.8, 4) is 11.5 Å². The van der Waals surface area contributed by atoms with Gasteiger partial charge in [0.1, 0.15) is 0 Å². The van der Waals surface area contributed by atoms with Gasteiger partial charge in [-0.1, -0.05) is 35.5 Å². The second-order valence-electron chi connectivity index (χ2n) is 4.90. The Labute approximate surface area is 144 Å². The molecule has 0 saturated carbocycles. The Balaban J connectivity index is 1.99. The molecular formula is C18H15ClO3S. The Morgan fingerprint density at radius 1 is 1.26 bits per heavy atom. The Kier molecular flexibility index (Phi) is 4.64. The fourth-order valence-corrected chi connectivity index (χ4v) is 3.77.